The predicted octanol–water partition coefficient (Wildman–Crippen LogP) is 14.9. The summed E-state index contributed by atoms with van der Waals surface area (Å²) < 4.78 is 4.94. The van der Waals surface area contributed by atoms with Crippen molar-refractivity contribution >= 4 is 27.7 Å². The summed E-state index contributed by atoms with van der Waals surface area (Å²) in [7, 11) is -1.72. The molecule has 276 valence electrons. The Bertz CT molecular complexity index is 1310. The average molecular weight is 791 g/mol. The molecule has 1 saturated heterocycles. The summed E-state index contributed by atoms with van der Waals surface area (Å²) in [5, 5.41) is 5.15. The first kappa shape index (κ1) is 48.9. The van der Waals surface area contributed by atoms with Crippen LogP contribution in [0.1, 0.15) is 139 Å². The number of pyridine rings is 1. The molecule has 0 atom stereocenters. The van der Waals surface area contributed by atoms with Crippen LogP contribution >= 0.6 is 0 Å². The van der Waals surface area contributed by atoms with E-state index in [4.69, 9.17) is 15.0 Å². The number of hydrogen-bond donors (Lipinski definition) is 0. The summed E-state index contributed by atoms with van der Waals surface area (Å²) >= 11 is 0. The molecule has 1 aliphatic rings. The van der Waals surface area contributed by atoms with Crippen LogP contribution in [0, 0.1) is 13.1 Å². The molecule has 50 heavy (non-hydrogen) atoms. The van der Waals surface area contributed by atoms with E-state index in [1.807, 2.05) is 6.07 Å². The molecule has 0 radical (unpaired) electrons. The molecule has 2 aromatic carbocycles. The van der Waals surface area contributed by atoms with Gasteiger partial charge < -0.3 is 28.1 Å². The Labute approximate surface area is 337 Å². The van der Waals surface area contributed by atoms with E-state index in [0.717, 1.165) is 30.4 Å². The molecule has 1 fully saturated rings. The molecule has 3 aromatic rings. The fourth-order valence-corrected chi connectivity index (χ4v) is 5.14. The molecule has 6 heteroatoms. The van der Waals surface area contributed by atoms with E-state index in [1.54, 1.807) is 0 Å². The normalized spacial score (nSPS) is 12.9. The monoisotopic (exact) mass is 790 g/mol. The van der Waals surface area contributed by atoms with Crippen molar-refractivity contribution in [3.05, 3.63) is 94.8 Å². The second-order valence-corrected chi connectivity index (χ2v) is 27.8. The van der Waals surface area contributed by atoms with Gasteiger partial charge in [-0.05, 0) is 87.2 Å². The molecule has 3 nitrogen and oxygen atoms in total. The molecular formula is C44H73N2OSi2Y. The van der Waals surface area contributed by atoms with E-state index in [0.29, 0.717) is 29.6 Å². The van der Waals surface area contributed by atoms with Gasteiger partial charge in [-0.25, -0.2) is 0 Å². The number of nitrogens with zero attached hydrogens (tertiary/aromatic N) is 2. The average Bonchev–Trinajstić information content (AvgIpc) is 3.55. The third-order valence-electron chi connectivity index (χ3n) is 7.52. The van der Waals surface area contributed by atoms with Crippen LogP contribution in [0.5, 0.6) is 0 Å². The van der Waals surface area contributed by atoms with Gasteiger partial charge in [-0.15, -0.1) is 16.1 Å². The van der Waals surface area contributed by atoms with E-state index in [1.165, 1.54) is 46.2 Å². The smallest absolute Gasteiger partial charge is 0.436 e. The fourth-order valence-electron chi connectivity index (χ4n) is 5.14. The van der Waals surface area contributed by atoms with Crippen molar-refractivity contribution in [2.75, 3.05) is 13.2 Å². The minimum absolute atomic E-state index is 0. The van der Waals surface area contributed by atoms with E-state index < -0.39 is 16.1 Å². The number of aromatic nitrogens is 1. The van der Waals surface area contributed by atoms with E-state index in [-0.39, 0.29) is 32.7 Å². The number of para-hydroxylation sites is 1. The largest absolute Gasteiger partial charge is 3.00 e. The van der Waals surface area contributed by atoms with Crippen molar-refractivity contribution in [2.45, 2.75) is 151 Å². The molecule has 0 aliphatic carbocycles. The Kier molecular flexibility index (Phi) is 22.3. The molecule has 2 heterocycles. The van der Waals surface area contributed by atoms with Crippen LogP contribution in [0.3, 0.4) is 0 Å². The second kappa shape index (κ2) is 22.8. The number of benzene rings is 2. The zero-order chi connectivity index (χ0) is 37.7. The quantitative estimate of drug-likeness (QED) is 0.168. The number of hydrogen-bond acceptors (Lipinski definition) is 2. The maximum Gasteiger partial charge on any atom is 3.00 e. The molecule has 0 spiro atoms. The number of rotatable bonds is 8. The van der Waals surface area contributed by atoms with Gasteiger partial charge in [0.25, 0.3) is 0 Å². The van der Waals surface area contributed by atoms with Gasteiger partial charge in [0, 0.05) is 13.2 Å². The minimum atomic E-state index is -0.861. The van der Waals surface area contributed by atoms with Gasteiger partial charge in [-0.1, -0.05) is 163 Å². The van der Waals surface area contributed by atoms with Gasteiger partial charge in [-0.3, -0.25) is 0 Å². The summed E-state index contributed by atoms with van der Waals surface area (Å²) in [5.41, 5.74) is 10.1. The van der Waals surface area contributed by atoms with Crippen LogP contribution in [0.25, 0.3) is 16.6 Å². The molecule has 0 N–H and O–H groups in total. The third kappa shape index (κ3) is 19.1. The zero-order valence-electron chi connectivity index (χ0n) is 35.1. The molecular weight excluding hydrogens is 718 g/mol. The van der Waals surface area contributed by atoms with Gasteiger partial charge >= 0.3 is 32.7 Å². The Morgan fingerprint density at radius 2 is 0.980 bits per heavy atom. The Balaban J connectivity index is 0.00000124. The summed E-state index contributed by atoms with van der Waals surface area (Å²) in [6, 6.07) is 17.7. The van der Waals surface area contributed by atoms with Gasteiger partial charge in [0.15, 0.2) is 0 Å². The van der Waals surface area contributed by atoms with Gasteiger partial charge in [0.1, 0.15) is 0 Å². The maximum absolute atomic E-state index is 5.15. The molecule has 0 amide bonds. The van der Waals surface area contributed by atoms with Crippen LogP contribution in [-0.2, 0) is 37.4 Å². The standard InChI is InChI=1S/C32H43N2.C4H8O.2C4H11Si.Y/c1-19(2)24-17-27(22(7)8)31(28(18-24)23(9)10)29-15-12-16-30(33-29)34-32-25(20(3)4)13-11-14-26(32)21(5)6;1-2-4-5-3-1;2*1-5(2,3)4;/h11-23H,1-10H3;1-4H2;2*1H2,2-4H3;/q-1;;2*-1;+3. The zero-order valence-corrected chi connectivity index (χ0v) is 40.0. The third-order valence-corrected chi connectivity index (χ3v) is 7.52. The molecule has 1 aliphatic heterocycles. The van der Waals surface area contributed by atoms with Gasteiger partial charge in [-0.2, -0.15) is 0 Å². The first-order valence-electron chi connectivity index (χ1n) is 18.8. The van der Waals surface area contributed by atoms with Gasteiger partial charge in [0.05, 0.1) is 0 Å². The van der Waals surface area contributed by atoms with Crippen molar-refractivity contribution in [1.29, 1.82) is 0 Å². The molecule has 4 rings (SSSR count). The van der Waals surface area contributed by atoms with Crippen molar-refractivity contribution in [1.82, 2.24) is 4.98 Å². The summed E-state index contributed by atoms with van der Waals surface area (Å²) in [6.45, 7) is 45.8. The van der Waals surface area contributed by atoms with Crippen LogP contribution < -0.4 is 0 Å². The SMILES string of the molecule is C1CCOC1.CC(C)c1cc(C(C)C)c(-c2cccc([N-]c3c(C(C)C)cccc3C(C)C)n2)c(C(C)C)c1.[CH2-][Si](C)(C)C.[CH2-][Si](C)(C)C.[Y+3]. The van der Waals surface area contributed by atoms with E-state index in [2.05, 4.69) is 164 Å². The van der Waals surface area contributed by atoms with Gasteiger partial charge in [0.2, 0.25) is 0 Å². The topological polar surface area (TPSA) is 36.2 Å². The Morgan fingerprint density at radius 3 is 1.30 bits per heavy atom. The summed E-state index contributed by atoms with van der Waals surface area (Å²) in [6.07, 6.45) is 2.56. The van der Waals surface area contributed by atoms with Crippen LogP contribution in [0.4, 0.5) is 11.5 Å². The van der Waals surface area contributed by atoms with E-state index >= 15 is 0 Å². The summed E-state index contributed by atoms with van der Waals surface area (Å²) in [5.74, 6) is 2.93. The second-order valence-electron chi connectivity index (χ2n) is 17.6. The Hall–Kier alpha value is -1.11. The van der Waals surface area contributed by atoms with Crippen LogP contribution in [0.15, 0.2) is 48.5 Å². The van der Waals surface area contributed by atoms with E-state index in [9.17, 15) is 0 Å². The first-order chi connectivity index (χ1) is 22.5. The van der Waals surface area contributed by atoms with Crippen LogP contribution in [0.2, 0.25) is 39.3 Å². The van der Waals surface area contributed by atoms with Crippen molar-refractivity contribution in [2.24, 2.45) is 0 Å². The van der Waals surface area contributed by atoms with Crippen molar-refractivity contribution in [3.8, 4) is 11.3 Å². The predicted molar refractivity (Wildman–Crippen MR) is 227 cm³/mol. The van der Waals surface area contributed by atoms with Crippen molar-refractivity contribution in [3.63, 3.8) is 0 Å². The van der Waals surface area contributed by atoms with Crippen molar-refractivity contribution < 1.29 is 37.4 Å². The molecule has 1 aromatic heterocycles. The molecule has 0 saturated carbocycles. The molecule has 0 bridgehead atoms. The molecule has 0 unspecified atom stereocenters. The van der Waals surface area contributed by atoms with Crippen LogP contribution in [-0.4, -0.2) is 34.3 Å². The first-order valence-corrected chi connectivity index (χ1v) is 26.2. The maximum atomic E-state index is 5.15. The Morgan fingerprint density at radius 1 is 0.600 bits per heavy atom. The fraction of sp³-hybridized carbons (Fsp3) is 0.568. The minimum Gasteiger partial charge on any atom is -0.436 e. The summed E-state index contributed by atoms with van der Waals surface area (Å²) in [4.78, 5) is 5.13. The number of ether oxygens (including phenoxy) is 1.